The number of nitrogens with zero attached hydrogens (tertiary/aromatic N) is 1. The van der Waals surface area contributed by atoms with Crippen molar-refractivity contribution < 1.29 is 9.59 Å². The lowest BCUT2D eigenvalue weighted by Crippen LogP contribution is -2.36. The van der Waals surface area contributed by atoms with Crippen molar-refractivity contribution >= 4 is 68.9 Å². The zero-order valence-electron chi connectivity index (χ0n) is 17.5. The van der Waals surface area contributed by atoms with Crippen LogP contribution < -0.4 is 21.5 Å². The Bertz CT molecular complexity index is 1510. The Balaban J connectivity index is 1.47. The average Bonchev–Trinajstić information content (AvgIpc) is 2.80. The molecule has 1 aromatic heterocycles. The standard InChI is InChI=1S/C24H17Cl2N5O3/c25-13-8-9-18(16(26)10-13)28-24-30-21-20(23(34)31-24)15(11-19(32)29-21)22(33)27-17-7-3-5-12-4-1-2-6-14(12)17/h1-10,15H,11H2,(H,27,33)(H3,28,29,30,31,32,34)/t15-/m0/s1. The molecule has 2 heterocycles. The monoisotopic (exact) mass is 493 g/mol. The number of benzene rings is 3. The number of rotatable bonds is 4. The van der Waals surface area contributed by atoms with Crippen LogP contribution in [0.1, 0.15) is 17.9 Å². The molecule has 1 aliphatic rings. The first-order valence-electron chi connectivity index (χ1n) is 10.3. The van der Waals surface area contributed by atoms with E-state index in [-0.39, 0.29) is 23.8 Å². The summed E-state index contributed by atoms with van der Waals surface area (Å²) < 4.78 is 0. The van der Waals surface area contributed by atoms with Gasteiger partial charge in [0, 0.05) is 22.5 Å². The van der Waals surface area contributed by atoms with Crippen LogP contribution in [0.4, 0.5) is 23.1 Å². The number of fused-ring (bicyclic) bond motifs is 2. The molecule has 170 valence electrons. The predicted molar refractivity (Wildman–Crippen MR) is 133 cm³/mol. The molecule has 4 aromatic rings. The Hall–Kier alpha value is -3.88. The van der Waals surface area contributed by atoms with Gasteiger partial charge in [-0.25, -0.2) is 0 Å². The van der Waals surface area contributed by atoms with Crippen molar-refractivity contribution in [1.29, 1.82) is 0 Å². The van der Waals surface area contributed by atoms with Crippen molar-refractivity contribution in [2.24, 2.45) is 0 Å². The lowest BCUT2D eigenvalue weighted by atomic mass is 9.92. The zero-order valence-corrected chi connectivity index (χ0v) is 19.0. The van der Waals surface area contributed by atoms with Gasteiger partial charge in [0.05, 0.1) is 22.2 Å². The van der Waals surface area contributed by atoms with Gasteiger partial charge in [0.2, 0.25) is 17.8 Å². The van der Waals surface area contributed by atoms with E-state index >= 15 is 0 Å². The molecule has 0 spiro atoms. The Kier molecular flexibility index (Phi) is 5.69. The van der Waals surface area contributed by atoms with Gasteiger partial charge in [-0.05, 0) is 29.7 Å². The normalized spacial score (nSPS) is 14.9. The Labute approximate surface area is 203 Å². The second kappa shape index (κ2) is 8.81. The quantitative estimate of drug-likeness (QED) is 0.317. The van der Waals surface area contributed by atoms with Crippen LogP contribution in [-0.2, 0) is 9.59 Å². The molecule has 0 aliphatic carbocycles. The average molecular weight is 494 g/mol. The van der Waals surface area contributed by atoms with E-state index in [4.69, 9.17) is 23.2 Å². The summed E-state index contributed by atoms with van der Waals surface area (Å²) in [4.78, 5) is 45.5. The van der Waals surface area contributed by atoms with E-state index in [1.54, 1.807) is 18.2 Å². The van der Waals surface area contributed by atoms with Gasteiger partial charge >= 0.3 is 0 Å². The summed E-state index contributed by atoms with van der Waals surface area (Å²) in [5.74, 6) is -1.82. The van der Waals surface area contributed by atoms with E-state index in [1.165, 1.54) is 6.07 Å². The highest BCUT2D eigenvalue weighted by molar-refractivity contribution is 6.36. The van der Waals surface area contributed by atoms with E-state index in [2.05, 4.69) is 25.9 Å². The Morgan fingerprint density at radius 3 is 2.62 bits per heavy atom. The minimum Gasteiger partial charge on any atom is -0.325 e. The van der Waals surface area contributed by atoms with Crippen LogP contribution in [-0.4, -0.2) is 21.8 Å². The van der Waals surface area contributed by atoms with Crippen molar-refractivity contribution in [3.8, 4) is 0 Å². The largest absolute Gasteiger partial charge is 0.325 e. The first kappa shape index (κ1) is 21.9. The molecule has 0 saturated heterocycles. The number of carbonyl (C=O) groups is 2. The van der Waals surface area contributed by atoms with Crippen molar-refractivity contribution in [2.75, 3.05) is 16.0 Å². The van der Waals surface area contributed by atoms with Crippen LogP contribution in [0.5, 0.6) is 0 Å². The molecule has 8 nitrogen and oxygen atoms in total. The maximum Gasteiger partial charge on any atom is 0.258 e. The molecule has 3 aromatic carbocycles. The lowest BCUT2D eigenvalue weighted by molar-refractivity contribution is -0.123. The lowest BCUT2D eigenvalue weighted by Gasteiger charge is -2.24. The van der Waals surface area contributed by atoms with Crippen LogP contribution in [0.25, 0.3) is 10.8 Å². The molecular weight excluding hydrogens is 477 g/mol. The number of anilines is 4. The molecular formula is C24H17Cl2N5O3. The van der Waals surface area contributed by atoms with Crippen LogP contribution >= 0.6 is 23.2 Å². The molecule has 5 rings (SSSR count). The maximum absolute atomic E-state index is 13.2. The van der Waals surface area contributed by atoms with Gasteiger partial charge in [0.1, 0.15) is 5.82 Å². The van der Waals surface area contributed by atoms with Gasteiger partial charge in [-0.1, -0.05) is 59.6 Å². The molecule has 10 heteroatoms. The maximum atomic E-state index is 13.2. The van der Waals surface area contributed by atoms with Crippen LogP contribution in [0, 0.1) is 0 Å². The van der Waals surface area contributed by atoms with Gasteiger partial charge < -0.3 is 16.0 Å². The highest BCUT2D eigenvalue weighted by atomic mass is 35.5. The van der Waals surface area contributed by atoms with Crippen molar-refractivity contribution in [1.82, 2.24) is 9.97 Å². The van der Waals surface area contributed by atoms with E-state index in [0.717, 1.165) is 10.8 Å². The SMILES string of the molecule is O=C1C[C@H](C(=O)Nc2cccc3ccccc23)c2c(nc(Nc3ccc(Cl)cc3Cl)[nH]c2=O)N1. The fourth-order valence-electron chi connectivity index (χ4n) is 3.93. The molecule has 34 heavy (non-hydrogen) atoms. The van der Waals surface area contributed by atoms with E-state index < -0.39 is 23.3 Å². The fraction of sp³-hybridized carbons (Fsp3) is 0.0833. The first-order valence-corrected chi connectivity index (χ1v) is 11.1. The molecule has 2 amide bonds. The third-order valence-corrected chi connectivity index (χ3v) is 6.05. The summed E-state index contributed by atoms with van der Waals surface area (Å²) in [7, 11) is 0. The fourth-order valence-corrected chi connectivity index (χ4v) is 4.38. The van der Waals surface area contributed by atoms with Crippen molar-refractivity contribution in [3.05, 3.63) is 86.6 Å². The van der Waals surface area contributed by atoms with Crippen molar-refractivity contribution in [3.63, 3.8) is 0 Å². The van der Waals surface area contributed by atoms with Gasteiger partial charge in [-0.3, -0.25) is 19.4 Å². The van der Waals surface area contributed by atoms with Gasteiger partial charge in [-0.15, -0.1) is 0 Å². The number of hydrogen-bond donors (Lipinski definition) is 4. The van der Waals surface area contributed by atoms with E-state index in [0.29, 0.717) is 21.4 Å². The highest BCUT2D eigenvalue weighted by Gasteiger charge is 2.35. The van der Waals surface area contributed by atoms with Gasteiger partial charge in [0.25, 0.3) is 5.56 Å². The number of amides is 2. The number of halogens is 2. The summed E-state index contributed by atoms with van der Waals surface area (Å²) in [6, 6.07) is 17.9. The van der Waals surface area contributed by atoms with E-state index in [9.17, 15) is 14.4 Å². The number of hydrogen-bond acceptors (Lipinski definition) is 5. The second-order valence-corrected chi connectivity index (χ2v) is 8.59. The molecule has 0 radical (unpaired) electrons. The smallest absolute Gasteiger partial charge is 0.258 e. The summed E-state index contributed by atoms with van der Waals surface area (Å²) in [6.45, 7) is 0. The third-order valence-electron chi connectivity index (χ3n) is 5.50. The highest BCUT2D eigenvalue weighted by Crippen LogP contribution is 2.32. The third kappa shape index (κ3) is 4.21. The predicted octanol–water partition coefficient (Wildman–Crippen LogP) is 5.04. The minimum atomic E-state index is -1.01. The van der Waals surface area contributed by atoms with Crippen LogP contribution in [0.15, 0.2) is 65.5 Å². The first-order chi connectivity index (χ1) is 16.4. The van der Waals surface area contributed by atoms with Crippen LogP contribution in [0.3, 0.4) is 0 Å². The van der Waals surface area contributed by atoms with Gasteiger partial charge in [-0.2, -0.15) is 4.98 Å². The van der Waals surface area contributed by atoms with Crippen LogP contribution in [0.2, 0.25) is 10.0 Å². The zero-order chi connectivity index (χ0) is 23.8. The molecule has 0 bridgehead atoms. The van der Waals surface area contributed by atoms with Crippen molar-refractivity contribution in [2.45, 2.75) is 12.3 Å². The summed E-state index contributed by atoms with van der Waals surface area (Å²) >= 11 is 12.1. The molecule has 1 atom stereocenters. The molecule has 0 unspecified atom stereocenters. The number of nitrogens with one attached hydrogen (secondary N) is 4. The second-order valence-electron chi connectivity index (χ2n) is 7.75. The summed E-state index contributed by atoms with van der Waals surface area (Å²) in [5, 5.41) is 10.9. The molecule has 0 fully saturated rings. The van der Waals surface area contributed by atoms with Gasteiger partial charge in [0.15, 0.2) is 0 Å². The minimum absolute atomic E-state index is 0.0191. The summed E-state index contributed by atoms with van der Waals surface area (Å²) in [5.41, 5.74) is 0.595. The summed E-state index contributed by atoms with van der Waals surface area (Å²) in [6.07, 6.45) is -0.176. The number of H-pyrrole nitrogens is 1. The number of aromatic nitrogens is 2. The Morgan fingerprint density at radius 1 is 1.00 bits per heavy atom. The number of carbonyl (C=O) groups excluding carboxylic acids is 2. The molecule has 1 aliphatic heterocycles. The molecule has 0 saturated carbocycles. The Morgan fingerprint density at radius 2 is 1.79 bits per heavy atom. The van der Waals surface area contributed by atoms with E-state index in [1.807, 2.05) is 36.4 Å². The topological polar surface area (TPSA) is 116 Å². The molecule has 4 N–H and O–H groups in total. The number of aromatic amines is 1.